The van der Waals surface area contributed by atoms with Crippen molar-refractivity contribution in [1.29, 1.82) is 5.26 Å². The van der Waals surface area contributed by atoms with E-state index in [0.717, 1.165) is 25.0 Å². The summed E-state index contributed by atoms with van der Waals surface area (Å²) in [5.41, 5.74) is 5.77. The van der Waals surface area contributed by atoms with E-state index < -0.39 is 23.1 Å². The fourth-order valence-electron chi connectivity index (χ4n) is 1.65. The Morgan fingerprint density at radius 3 is 2.47 bits per heavy atom. The first-order valence-electron chi connectivity index (χ1n) is 4.71. The van der Waals surface area contributed by atoms with Crippen LogP contribution < -0.4 is 5.73 Å². The lowest BCUT2D eigenvalue weighted by molar-refractivity contribution is 0.489. The molecule has 2 nitrogen and oxygen atoms in total. The van der Waals surface area contributed by atoms with Gasteiger partial charge in [-0.05, 0) is 30.5 Å². The standard InChI is InChI=1S/C11H10F2N2/c12-8-2-1-7(5-9(8)13)10(15)11(6-14)3-4-11/h1-2,5,10H,3-4,15H2. The van der Waals surface area contributed by atoms with Crippen LogP contribution in [0.5, 0.6) is 0 Å². The van der Waals surface area contributed by atoms with Crippen LogP contribution in [0, 0.1) is 28.4 Å². The van der Waals surface area contributed by atoms with Gasteiger partial charge in [-0.1, -0.05) is 6.07 Å². The second-order valence-electron chi connectivity index (χ2n) is 3.92. The molecule has 1 aliphatic carbocycles. The Hall–Kier alpha value is -1.47. The molecule has 0 aromatic heterocycles. The first-order valence-corrected chi connectivity index (χ1v) is 4.71. The van der Waals surface area contributed by atoms with Gasteiger partial charge in [-0.2, -0.15) is 5.26 Å². The van der Waals surface area contributed by atoms with Crippen molar-refractivity contribution in [3.05, 3.63) is 35.4 Å². The minimum atomic E-state index is -0.920. The van der Waals surface area contributed by atoms with Crippen molar-refractivity contribution in [3.63, 3.8) is 0 Å². The van der Waals surface area contributed by atoms with Crippen molar-refractivity contribution >= 4 is 0 Å². The van der Waals surface area contributed by atoms with E-state index in [9.17, 15) is 8.78 Å². The topological polar surface area (TPSA) is 49.8 Å². The highest BCUT2D eigenvalue weighted by molar-refractivity contribution is 5.29. The van der Waals surface area contributed by atoms with Crippen molar-refractivity contribution in [2.75, 3.05) is 0 Å². The molecule has 4 heteroatoms. The van der Waals surface area contributed by atoms with Crippen molar-refractivity contribution in [3.8, 4) is 6.07 Å². The fourth-order valence-corrected chi connectivity index (χ4v) is 1.65. The van der Waals surface area contributed by atoms with Crippen molar-refractivity contribution in [2.45, 2.75) is 18.9 Å². The van der Waals surface area contributed by atoms with E-state index >= 15 is 0 Å². The third-order valence-electron chi connectivity index (χ3n) is 2.91. The third kappa shape index (κ3) is 1.59. The minimum absolute atomic E-state index is 0.480. The van der Waals surface area contributed by atoms with Gasteiger partial charge in [-0.25, -0.2) is 8.78 Å². The van der Waals surface area contributed by atoms with Crippen molar-refractivity contribution in [1.82, 2.24) is 0 Å². The number of nitrogens with two attached hydrogens (primary N) is 1. The summed E-state index contributed by atoms with van der Waals surface area (Å²) in [6.45, 7) is 0. The predicted octanol–water partition coefficient (Wildman–Crippen LogP) is 2.27. The molecule has 78 valence electrons. The second-order valence-corrected chi connectivity index (χ2v) is 3.92. The van der Waals surface area contributed by atoms with E-state index in [-0.39, 0.29) is 0 Å². The summed E-state index contributed by atoms with van der Waals surface area (Å²) in [6, 6.07) is 5.15. The van der Waals surface area contributed by atoms with Crippen molar-refractivity contribution < 1.29 is 8.78 Å². The molecule has 1 unspecified atom stereocenters. The van der Waals surface area contributed by atoms with E-state index in [1.807, 2.05) is 0 Å². The molecular weight excluding hydrogens is 198 g/mol. The molecule has 1 aliphatic rings. The molecule has 2 N–H and O–H groups in total. The zero-order valence-electron chi connectivity index (χ0n) is 8.00. The van der Waals surface area contributed by atoms with Gasteiger partial charge in [-0.15, -0.1) is 0 Å². The molecule has 1 aromatic carbocycles. The highest BCUT2D eigenvalue weighted by Crippen LogP contribution is 2.53. The monoisotopic (exact) mass is 208 g/mol. The molecule has 0 aliphatic heterocycles. The maximum Gasteiger partial charge on any atom is 0.159 e. The molecule has 0 spiro atoms. The molecule has 2 rings (SSSR count). The summed E-state index contributed by atoms with van der Waals surface area (Å²) in [6.07, 6.45) is 1.45. The van der Waals surface area contributed by atoms with E-state index in [2.05, 4.69) is 6.07 Å². The Morgan fingerprint density at radius 1 is 1.33 bits per heavy atom. The number of halogens is 2. The maximum atomic E-state index is 12.9. The van der Waals surface area contributed by atoms with Gasteiger partial charge in [0.1, 0.15) is 0 Å². The van der Waals surface area contributed by atoms with Gasteiger partial charge in [-0.3, -0.25) is 0 Å². The summed E-state index contributed by atoms with van der Waals surface area (Å²) in [5.74, 6) is -1.82. The van der Waals surface area contributed by atoms with Gasteiger partial charge in [0.25, 0.3) is 0 Å². The van der Waals surface area contributed by atoms with Crippen LogP contribution in [-0.4, -0.2) is 0 Å². The normalized spacial score (nSPS) is 19.3. The Morgan fingerprint density at radius 2 is 2.00 bits per heavy atom. The fraction of sp³-hybridized carbons (Fsp3) is 0.364. The number of benzene rings is 1. The molecule has 1 fully saturated rings. The van der Waals surface area contributed by atoms with Crippen LogP contribution >= 0.6 is 0 Å². The number of rotatable bonds is 2. The Kier molecular flexibility index (Phi) is 2.20. The van der Waals surface area contributed by atoms with E-state index in [1.54, 1.807) is 0 Å². The van der Waals surface area contributed by atoms with Gasteiger partial charge in [0.05, 0.1) is 11.5 Å². The predicted molar refractivity (Wildman–Crippen MR) is 50.6 cm³/mol. The number of nitrogens with zero attached hydrogens (tertiary/aromatic N) is 1. The van der Waals surface area contributed by atoms with Crippen LogP contribution in [0.1, 0.15) is 24.4 Å². The number of nitriles is 1. The van der Waals surface area contributed by atoms with Gasteiger partial charge in [0.2, 0.25) is 0 Å². The van der Waals surface area contributed by atoms with E-state index in [4.69, 9.17) is 11.0 Å². The van der Waals surface area contributed by atoms with Crippen LogP contribution in [0.15, 0.2) is 18.2 Å². The largest absolute Gasteiger partial charge is 0.323 e. The Balaban J connectivity index is 2.31. The zero-order valence-corrected chi connectivity index (χ0v) is 8.00. The van der Waals surface area contributed by atoms with Gasteiger partial charge < -0.3 is 5.73 Å². The average molecular weight is 208 g/mol. The van der Waals surface area contributed by atoms with Gasteiger partial charge >= 0.3 is 0 Å². The molecule has 0 heterocycles. The highest BCUT2D eigenvalue weighted by Gasteiger charge is 2.49. The van der Waals surface area contributed by atoms with Crippen LogP contribution in [-0.2, 0) is 0 Å². The first-order chi connectivity index (χ1) is 7.09. The summed E-state index contributed by atoms with van der Waals surface area (Å²) in [7, 11) is 0. The first kappa shape index (κ1) is 10.1. The molecule has 0 radical (unpaired) electrons. The van der Waals surface area contributed by atoms with Crippen LogP contribution in [0.25, 0.3) is 0 Å². The number of hydrogen-bond donors (Lipinski definition) is 1. The van der Waals surface area contributed by atoms with Gasteiger partial charge in [0, 0.05) is 6.04 Å². The number of hydrogen-bond acceptors (Lipinski definition) is 2. The van der Waals surface area contributed by atoms with Crippen LogP contribution in [0.2, 0.25) is 0 Å². The van der Waals surface area contributed by atoms with Crippen LogP contribution in [0.3, 0.4) is 0 Å². The highest BCUT2D eigenvalue weighted by atomic mass is 19.2. The van der Waals surface area contributed by atoms with Crippen LogP contribution in [0.4, 0.5) is 8.78 Å². The lowest BCUT2D eigenvalue weighted by Crippen LogP contribution is -2.21. The molecule has 0 saturated heterocycles. The minimum Gasteiger partial charge on any atom is -0.323 e. The molecule has 1 saturated carbocycles. The SMILES string of the molecule is N#CC1(C(N)c2ccc(F)c(F)c2)CC1. The summed E-state index contributed by atoms with van der Waals surface area (Å²) in [5, 5.41) is 8.91. The smallest absolute Gasteiger partial charge is 0.159 e. The average Bonchev–Trinajstić information content (AvgIpc) is 3.02. The van der Waals surface area contributed by atoms with Gasteiger partial charge in [0.15, 0.2) is 11.6 Å². The van der Waals surface area contributed by atoms with E-state index in [0.29, 0.717) is 5.56 Å². The van der Waals surface area contributed by atoms with Crippen molar-refractivity contribution in [2.24, 2.45) is 11.1 Å². The summed E-state index contributed by atoms with van der Waals surface area (Å²) >= 11 is 0. The van der Waals surface area contributed by atoms with E-state index in [1.165, 1.54) is 6.07 Å². The molecule has 1 aromatic rings. The second kappa shape index (κ2) is 3.28. The molecular formula is C11H10F2N2. The molecule has 0 bridgehead atoms. The lowest BCUT2D eigenvalue weighted by atomic mass is 9.92. The Labute approximate surface area is 86.3 Å². The lowest BCUT2D eigenvalue weighted by Gasteiger charge is -2.16. The molecule has 0 amide bonds. The quantitative estimate of drug-likeness (QED) is 0.810. The Bertz CT molecular complexity index is 433. The molecule has 15 heavy (non-hydrogen) atoms. The molecule has 1 atom stereocenters. The third-order valence-corrected chi connectivity index (χ3v) is 2.91. The summed E-state index contributed by atoms with van der Waals surface area (Å²) < 4.78 is 25.6. The zero-order chi connectivity index (χ0) is 11.1. The maximum absolute atomic E-state index is 12.9. The summed E-state index contributed by atoms with van der Waals surface area (Å²) in [4.78, 5) is 0.